The fraction of sp³-hybridized carbons (Fsp3) is 0.630. The summed E-state index contributed by atoms with van der Waals surface area (Å²) in [5.74, 6) is 2.95. The summed E-state index contributed by atoms with van der Waals surface area (Å²) in [4.78, 5) is 0. The molecule has 0 N–H and O–H groups in total. The molecule has 3 atom stereocenters. The Morgan fingerprint density at radius 3 is 2.13 bits per heavy atom. The Hall–Kier alpha value is -1.15. The van der Waals surface area contributed by atoms with Crippen LogP contribution in [0.2, 0.25) is 0 Å². The second-order valence-corrected chi connectivity index (χ2v) is 10.5. The van der Waals surface area contributed by atoms with Crippen molar-refractivity contribution < 1.29 is 8.78 Å². The molecule has 3 aliphatic carbocycles. The van der Waals surface area contributed by atoms with Gasteiger partial charge in [0.05, 0.1) is 0 Å². The maximum absolute atomic E-state index is 13.9. The first-order chi connectivity index (χ1) is 14.5. The summed E-state index contributed by atoms with van der Waals surface area (Å²) in [6.07, 6.45) is 12.9. The Bertz CT molecular complexity index is 739. The van der Waals surface area contributed by atoms with Crippen molar-refractivity contribution >= 4 is 11.6 Å². The van der Waals surface area contributed by atoms with E-state index in [1.807, 2.05) is 0 Å². The van der Waals surface area contributed by atoms with Crippen molar-refractivity contribution in [3.05, 3.63) is 59.4 Å². The maximum atomic E-state index is 13.9. The number of hydrogen-bond donors (Lipinski definition) is 0. The molecule has 0 aromatic heterocycles. The predicted molar refractivity (Wildman–Crippen MR) is 122 cm³/mol. The van der Waals surface area contributed by atoms with Gasteiger partial charge in [-0.1, -0.05) is 50.1 Å². The lowest BCUT2D eigenvalue weighted by molar-refractivity contribution is 0.148. The van der Waals surface area contributed by atoms with Crippen LogP contribution < -0.4 is 0 Å². The van der Waals surface area contributed by atoms with E-state index in [1.165, 1.54) is 56.6 Å². The Morgan fingerprint density at radius 1 is 0.933 bits per heavy atom. The monoisotopic (exact) mass is 432 g/mol. The third-order valence-corrected chi connectivity index (χ3v) is 8.51. The molecule has 3 aliphatic rings. The molecular weight excluding hydrogens is 398 g/mol. The van der Waals surface area contributed by atoms with E-state index in [-0.39, 0.29) is 0 Å². The van der Waals surface area contributed by atoms with Crippen LogP contribution >= 0.6 is 11.6 Å². The van der Waals surface area contributed by atoms with Crippen molar-refractivity contribution in [1.82, 2.24) is 0 Å². The topological polar surface area (TPSA) is 0 Å². The summed E-state index contributed by atoms with van der Waals surface area (Å²) >= 11 is 5.76. The van der Waals surface area contributed by atoms with Crippen molar-refractivity contribution in [3.8, 4) is 0 Å². The van der Waals surface area contributed by atoms with Gasteiger partial charge in [-0.2, -0.15) is 0 Å². The van der Waals surface area contributed by atoms with E-state index in [0.29, 0.717) is 11.8 Å². The summed E-state index contributed by atoms with van der Waals surface area (Å²) in [6.45, 7) is 2.37. The quantitative estimate of drug-likeness (QED) is 0.409. The fourth-order valence-corrected chi connectivity index (χ4v) is 6.33. The molecule has 30 heavy (non-hydrogen) atoms. The molecule has 0 aliphatic heterocycles. The first-order valence-electron chi connectivity index (χ1n) is 11.9. The van der Waals surface area contributed by atoms with Gasteiger partial charge in [0.2, 0.25) is 0 Å². The van der Waals surface area contributed by atoms with Crippen molar-refractivity contribution in [2.24, 2.45) is 23.7 Å². The summed E-state index contributed by atoms with van der Waals surface area (Å²) in [6, 6.07) is 10.9. The zero-order valence-electron chi connectivity index (χ0n) is 18.1. The van der Waals surface area contributed by atoms with Crippen LogP contribution in [-0.4, -0.2) is 11.5 Å². The molecular formula is C27H35ClF2. The minimum Gasteiger partial charge on any atom is -0.241 e. The third-order valence-electron chi connectivity index (χ3n) is 8.06. The van der Waals surface area contributed by atoms with Crippen LogP contribution in [0.5, 0.6) is 0 Å². The standard InChI is InChI=1S/C27H35ClF2/c1-18(20-5-3-2-4-6-20)15-19-7-9-21(10-8-19)22-11-13-23(14-12-22)24-16-25(29)27(28)26(30)17-24/h2-6,16-19,21-23,25,27H,7-15H2,1H3/t18-,19?,21?,22?,23?,25?,27?/m1/s1. The van der Waals surface area contributed by atoms with Gasteiger partial charge in [-0.05, 0) is 97.8 Å². The van der Waals surface area contributed by atoms with Crippen molar-refractivity contribution in [2.45, 2.75) is 82.2 Å². The van der Waals surface area contributed by atoms with Gasteiger partial charge >= 0.3 is 0 Å². The molecule has 0 radical (unpaired) electrons. The number of halogens is 3. The van der Waals surface area contributed by atoms with E-state index in [4.69, 9.17) is 11.6 Å². The Kier molecular flexibility index (Phi) is 7.34. The van der Waals surface area contributed by atoms with E-state index >= 15 is 0 Å². The average molecular weight is 433 g/mol. The van der Waals surface area contributed by atoms with Crippen LogP contribution in [0, 0.1) is 23.7 Å². The van der Waals surface area contributed by atoms with E-state index in [1.54, 1.807) is 6.08 Å². The van der Waals surface area contributed by atoms with Gasteiger partial charge < -0.3 is 0 Å². The minimum atomic E-state index is -1.39. The highest BCUT2D eigenvalue weighted by Crippen LogP contribution is 2.45. The average Bonchev–Trinajstić information content (AvgIpc) is 2.78. The Labute approximate surface area is 185 Å². The van der Waals surface area contributed by atoms with E-state index in [2.05, 4.69) is 37.3 Å². The molecule has 0 saturated heterocycles. The van der Waals surface area contributed by atoms with Gasteiger partial charge in [-0.15, -0.1) is 11.6 Å². The molecule has 0 amide bonds. The Balaban J connectivity index is 1.23. The van der Waals surface area contributed by atoms with Crippen LogP contribution in [0.1, 0.15) is 76.2 Å². The highest BCUT2D eigenvalue weighted by molar-refractivity contribution is 6.22. The molecule has 3 heteroatoms. The van der Waals surface area contributed by atoms with Crippen LogP contribution in [0.15, 0.2) is 53.9 Å². The molecule has 1 aromatic rings. The van der Waals surface area contributed by atoms with Crippen LogP contribution in [0.25, 0.3) is 0 Å². The molecule has 2 unspecified atom stereocenters. The van der Waals surface area contributed by atoms with Gasteiger partial charge in [0, 0.05) is 0 Å². The second-order valence-electron chi connectivity index (χ2n) is 9.98. The normalized spacial score (nSPS) is 36.0. The van der Waals surface area contributed by atoms with E-state index in [9.17, 15) is 8.78 Å². The summed E-state index contributed by atoms with van der Waals surface area (Å²) in [7, 11) is 0. The molecule has 1 aromatic carbocycles. The highest BCUT2D eigenvalue weighted by atomic mass is 35.5. The van der Waals surface area contributed by atoms with Gasteiger partial charge in [-0.3, -0.25) is 0 Å². The largest absolute Gasteiger partial charge is 0.241 e. The predicted octanol–water partition coefficient (Wildman–Crippen LogP) is 8.53. The minimum absolute atomic E-state index is 0.303. The molecule has 2 fully saturated rings. The molecule has 0 nitrogen and oxygen atoms in total. The molecule has 0 heterocycles. The lowest BCUT2D eigenvalue weighted by Crippen LogP contribution is -2.27. The highest BCUT2D eigenvalue weighted by Gasteiger charge is 2.34. The number of rotatable bonds is 5. The maximum Gasteiger partial charge on any atom is 0.142 e. The summed E-state index contributed by atoms with van der Waals surface area (Å²) in [5.41, 5.74) is 2.31. The number of hydrogen-bond acceptors (Lipinski definition) is 0. The molecule has 2 saturated carbocycles. The van der Waals surface area contributed by atoms with Gasteiger partial charge in [0.1, 0.15) is 17.4 Å². The Morgan fingerprint density at radius 2 is 1.53 bits per heavy atom. The first kappa shape index (κ1) is 22.1. The smallest absolute Gasteiger partial charge is 0.142 e. The summed E-state index contributed by atoms with van der Waals surface area (Å²) in [5, 5.41) is -1.13. The van der Waals surface area contributed by atoms with Crippen LogP contribution in [0.3, 0.4) is 0 Å². The van der Waals surface area contributed by atoms with Gasteiger partial charge in [-0.25, -0.2) is 8.78 Å². The zero-order chi connectivity index (χ0) is 21.1. The fourth-order valence-electron chi connectivity index (χ4n) is 6.20. The SMILES string of the molecule is C[C@H](CC1CCC(C2CCC(C3=CC(F)C(Cl)C(F)=C3)CC2)CC1)c1ccccc1. The van der Waals surface area contributed by atoms with Crippen LogP contribution in [-0.2, 0) is 0 Å². The first-order valence-corrected chi connectivity index (χ1v) is 12.4. The third kappa shape index (κ3) is 5.18. The van der Waals surface area contributed by atoms with E-state index < -0.39 is 17.4 Å². The zero-order valence-corrected chi connectivity index (χ0v) is 18.8. The molecule has 164 valence electrons. The number of benzene rings is 1. The molecule has 0 spiro atoms. The summed E-state index contributed by atoms with van der Waals surface area (Å²) < 4.78 is 27.8. The molecule has 4 rings (SSSR count). The van der Waals surface area contributed by atoms with Gasteiger partial charge in [0.15, 0.2) is 0 Å². The van der Waals surface area contributed by atoms with E-state index in [0.717, 1.165) is 36.2 Å². The molecule has 0 bridgehead atoms. The van der Waals surface area contributed by atoms with Gasteiger partial charge in [0.25, 0.3) is 0 Å². The van der Waals surface area contributed by atoms with Crippen molar-refractivity contribution in [1.29, 1.82) is 0 Å². The second kappa shape index (κ2) is 9.98. The van der Waals surface area contributed by atoms with Crippen LogP contribution in [0.4, 0.5) is 8.78 Å². The number of allylic oxidation sites excluding steroid dienone is 4. The lowest BCUT2D eigenvalue weighted by atomic mass is 9.67. The number of alkyl halides is 2. The lowest BCUT2D eigenvalue weighted by Gasteiger charge is -2.39. The van der Waals surface area contributed by atoms with Crippen molar-refractivity contribution in [3.63, 3.8) is 0 Å². The van der Waals surface area contributed by atoms with Crippen molar-refractivity contribution in [2.75, 3.05) is 0 Å².